The predicted molar refractivity (Wildman–Crippen MR) is 84.4 cm³/mol. The number of carbonyl (C=O) groups is 1. The van der Waals surface area contributed by atoms with E-state index in [0.717, 1.165) is 5.56 Å². The minimum Gasteiger partial charge on any atom is -0.454 e. The van der Waals surface area contributed by atoms with Gasteiger partial charge in [-0.15, -0.1) is 0 Å². The highest BCUT2D eigenvalue weighted by Crippen LogP contribution is 2.32. The molecule has 1 aliphatic heterocycles. The molecule has 0 bridgehead atoms. The molecule has 120 valence electrons. The maximum Gasteiger partial charge on any atom is 0.262 e. The first-order valence-corrected chi connectivity index (χ1v) is 7.20. The van der Waals surface area contributed by atoms with Gasteiger partial charge >= 0.3 is 0 Å². The van der Waals surface area contributed by atoms with Crippen molar-refractivity contribution in [2.45, 2.75) is 6.54 Å². The standard InChI is InChI=1S/C18H13FN2O3/c19-15-4-1-12(2-5-15)7-14(9-20)18(22)21-10-13-3-6-16-17(8-13)24-11-23-16/h1-8H,10-11H2,(H,21,22)/b14-7+. The Kier molecular flexibility index (Phi) is 4.43. The molecule has 1 N–H and O–H groups in total. The number of carbonyl (C=O) groups excluding carboxylic acids is 1. The Bertz CT molecular complexity index is 838. The molecule has 5 nitrogen and oxygen atoms in total. The highest BCUT2D eigenvalue weighted by molar-refractivity contribution is 6.01. The van der Waals surface area contributed by atoms with Crippen molar-refractivity contribution in [3.63, 3.8) is 0 Å². The molecule has 0 radical (unpaired) electrons. The molecule has 3 rings (SSSR count). The Hall–Kier alpha value is -3.33. The highest BCUT2D eigenvalue weighted by atomic mass is 19.1. The fraction of sp³-hybridized carbons (Fsp3) is 0.111. The van der Waals surface area contributed by atoms with E-state index in [1.165, 1.54) is 30.3 Å². The predicted octanol–water partition coefficient (Wildman–Crippen LogP) is 2.78. The van der Waals surface area contributed by atoms with Crippen LogP contribution in [0.15, 0.2) is 48.0 Å². The summed E-state index contributed by atoms with van der Waals surface area (Å²) < 4.78 is 23.4. The maximum absolute atomic E-state index is 12.9. The van der Waals surface area contributed by atoms with E-state index in [9.17, 15) is 9.18 Å². The van der Waals surface area contributed by atoms with Gasteiger partial charge in [0.2, 0.25) is 6.79 Å². The molecular weight excluding hydrogens is 311 g/mol. The van der Waals surface area contributed by atoms with Crippen LogP contribution in [0.4, 0.5) is 4.39 Å². The first-order valence-electron chi connectivity index (χ1n) is 7.20. The molecule has 0 fully saturated rings. The van der Waals surface area contributed by atoms with E-state index in [1.807, 2.05) is 12.1 Å². The second-order valence-corrected chi connectivity index (χ2v) is 5.09. The van der Waals surface area contributed by atoms with Gasteiger partial charge in [0, 0.05) is 6.54 Å². The maximum atomic E-state index is 12.9. The van der Waals surface area contributed by atoms with Crippen LogP contribution in [0.3, 0.4) is 0 Å². The molecule has 0 spiro atoms. The molecule has 0 atom stereocenters. The number of ether oxygens (including phenoxy) is 2. The van der Waals surface area contributed by atoms with Crippen LogP contribution in [-0.2, 0) is 11.3 Å². The molecule has 0 aromatic heterocycles. The summed E-state index contributed by atoms with van der Waals surface area (Å²) >= 11 is 0. The van der Waals surface area contributed by atoms with Crippen LogP contribution in [0.5, 0.6) is 11.5 Å². The third-order valence-corrected chi connectivity index (χ3v) is 3.44. The van der Waals surface area contributed by atoms with E-state index in [0.29, 0.717) is 17.1 Å². The Morgan fingerprint density at radius 3 is 2.71 bits per heavy atom. The largest absolute Gasteiger partial charge is 0.454 e. The minimum absolute atomic E-state index is 0.0534. The first kappa shape index (κ1) is 15.6. The molecular formula is C18H13FN2O3. The summed E-state index contributed by atoms with van der Waals surface area (Å²) in [7, 11) is 0. The van der Waals surface area contributed by atoms with Crippen molar-refractivity contribution in [3.05, 3.63) is 65.0 Å². The van der Waals surface area contributed by atoms with Crippen LogP contribution in [0, 0.1) is 17.1 Å². The van der Waals surface area contributed by atoms with Crippen LogP contribution >= 0.6 is 0 Å². The molecule has 0 unspecified atom stereocenters. The molecule has 2 aromatic carbocycles. The SMILES string of the molecule is N#C/C(=C\c1ccc(F)cc1)C(=O)NCc1ccc2c(c1)OCO2. The number of hydrogen-bond acceptors (Lipinski definition) is 4. The number of nitrogens with zero attached hydrogens (tertiary/aromatic N) is 1. The molecule has 6 heteroatoms. The summed E-state index contributed by atoms with van der Waals surface area (Å²) in [4.78, 5) is 12.1. The lowest BCUT2D eigenvalue weighted by atomic mass is 10.1. The monoisotopic (exact) mass is 324 g/mol. The molecule has 0 saturated heterocycles. The number of nitrogens with one attached hydrogen (secondary N) is 1. The summed E-state index contributed by atoms with van der Waals surface area (Å²) in [6.45, 7) is 0.433. The summed E-state index contributed by atoms with van der Waals surface area (Å²) in [5.74, 6) is 0.417. The van der Waals surface area contributed by atoms with Gasteiger partial charge in [0.15, 0.2) is 11.5 Å². The average molecular weight is 324 g/mol. The number of rotatable bonds is 4. The Morgan fingerprint density at radius 2 is 1.96 bits per heavy atom. The number of halogens is 1. The van der Waals surface area contributed by atoms with Crippen molar-refractivity contribution >= 4 is 12.0 Å². The van der Waals surface area contributed by atoms with Crippen LogP contribution in [0.1, 0.15) is 11.1 Å². The van der Waals surface area contributed by atoms with Gasteiger partial charge in [0.25, 0.3) is 5.91 Å². The van der Waals surface area contributed by atoms with E-state index in [1.54, 1.807) is 12.1 Å². The van der Waals surface area contributed by atoms with Gasteiger partial charge in [-0.1, -0.05) is 18.2 Å². The summed E-state index contributed by atoms with van der Waals surface area (Å²) in [5, 5.41) is 11.8. The number of amides is 1. The average Bonchev–Trinajstić information content (AvgIpc) is 3.07. The minimum atomic E-state index is -0.500. The van der Waals surface area contributed by atoms with Gasteiger partial charge in [-0.3, -0.25) is 4.79 Å². The van der Waals surface area contributed by atoms with Crippen LogP contribution in [0.25, 0.3) is 6.08 Å². The molecule has 1 heterocycles. The van der Waals surface area contributed by atoms with Gasteiger partial charge in [-0.2, -0.15) is 5.26 Å². The molecule has 1 amide bonds. The fourth-order valence-electron chi connectivity index (χ4n) is 2.20. The number of hydrogen-bond donors (Lipinski definition) is 1. The molecule has 1 aliphatic rings. The topological polar surface area (TPSA) is 71.4 Å². The van der Waals surface area contributed by atoms with E-state index in [4.69, 9.17) is 14.7 Å². The van der Waals surface area contributed by atoms with Crippen molar-refractivity contribution in [2.24, 2.45) is 0 Å². The van der Waals surface area contributed by atoms with Gasteiger partial charge in [-0.05, 0) is 41.5 Å². The zero-order valence-electron chi connectivity index (χ0n) is 12.6. The Labute approximate surface area is 137 Å². The van der Waals surface area contributed by atoms with Gasteiger partial charge in [-0.25, -0.2) is 4.39 Å². The van der Waals surface area contributed by atoms with E-state index in [2.05, 4.69) is 5.32 Å². The second kappa shape index (κ2) is 6.84. The van der Waals surface area contributed by atoms with Crippen molar-refractivity contribution < 1.29 is 18.7 Å². The number of benzene rings is 2. The third-order valence-electron chi connectivity index (χ3n) is 3.44. The van der Waals surface area contributed by atoms with Crippen LogP contribution < -0.4 is 14.8 Å². The lowest BCUT2D eigenvalue weighted by molar-refractivity contribution is -0.117. The van der Waals surface area contributed by atoms with Gasteiger partial charge in [0.1, 0.15) is 17.5 Å². The van der Waals surface area contributed by atoms with E-state index >= 15 is 0 Å². The molecule has 2 aromatic rings. The lowest BCUT2D eigenvalue weighted by Gasteiger charge is -2.06. The van der Waals surface area contributed by atoms with Crippen LogP contribution in [-0.4, -0.2) is 12.7 Å². The Morgan fingerprint density at radius 1 is 1.21 bits per heavy atom. The zero-order chi connectivity index (χ0) is 16.9. The smallest absolute Gasteiger partial charge is 0.262 e. The van der Waals surface area contributed by atoms with Crippen molar-refractivity contribution in [1.82, 2.24) is 5.32 Å². The normalized spacial score (nSPS) is 12.6. The van der Waals surface area contributed by atoms with E-state index in [-0.39, 0.29) is 24.7 Å². The second-order valence-electron chi connectivity index (χ2n) is 5.09. The molecule has 0 saturated carbocycles. The van der Waals surface area contributed by atoms with Crippen LogP contribution in [0.2, 0.25) is 0 Å². The summed E-state index contributed by atoms with van der Waals surface area (Å²) in [5.41, 5.74) is 1.35. The van der Waals surface area contributed by atoms with Crippen molar-refractivity contribution in [2.75, 3.05) is 6.79 Å². The Balaban J connectivity index is 1.67. The molecule has 0 aliphatic carbocycles. The number of nitriles is 1. The highest BCUT2D eigenvalue weighted by Gasteiger charge is 2.14. The zero-order valence-corrected chi connectivity index (χ0v) is 12.6. The van der Waals surface area contributed by atoms with Gasteiger partial charge in [0.05, 0.1) is 0 Å². The number of fused-ring (bicyclic) bond motifs is 1. The molecule has 24 heavy (non-hydrogen) atoms. The third kappa shape index (κ3) is 3.52. The van der Waals surface area contributed by atoms with Crippen molar-refractivity contribution in [1.29, 1.82) is 5.26 Å². The van der Waals surface area contributed by atoms with Gasteiger partial charge < -0.3 is 14.8 Å². The fourth-order valence-corrected chi connectivity index (χ4v) is 2.20. The van der Waals surface area contributed by atoms with Crippen molar-refractivity contribution in [3.8, 4) is 17.6 Å². The summed E-state index contributed by atoms with van der Waals surface area (Å²) in [6.07, 6.45) is 1.41. The van der Waals surface area contributed by atoms with E-state index < -0.39 is 5.91 Å². The first-order chi connectivity index (χ1) is 11.7. The summed E-state index contributed by atoms with van der Waals surface area (Å²) in [6, 6.07) is 12.7. The quantitative estimate of drug-likeness (QED) is 0.693. The lowest BCUT2D eigenvalue weighted by Crippen LogP contribution is -2.23.